The third-order valence-corrected chi connectivity index (χ3v) is 6.31. The molecular weight excluding hydrogens is 575 g/mol. The van der Waals surface area contributed by atoms with E-state index in [0.29, 0.717) is 5.57 Å². The van der Waals surface area contributed by atoms with Crippen LogP contribution in [0.5, 0.6) is 11.5 Å². The third kappa shape index (κ3) is 5.38. The molecule has 0 bridgehead atoms. The number of allylic oxidation sites excluding steroid dienone is 2. The standard InChI is InChI=1S/C18H9Cl2F3IN4O3/c19-11-3-10(6-25)14(20)12(4-11)31-15-16(18(21,22)23)26-8-28(17(15)30)7-9-1-2-13(29)27-24-5-9/h1-5,8H,7H2,(H,27,29)/q-1. The molecule has 0 unspecified atom stereocenters. The summed E-state index contributed by atoms with van der Waals surface area (Å²) in [6, 6.07) is 4.02. The number of carbonyl (C=O) groups is 1. The zero-order valence-corrected chi connectivity index (χ0v) is 18.7. The molecule has 0 radical (unpaired) electrons. The molecule has 0 saturated carbocycles. The number of nitrogens with one attached hydrogen (secondary N) is 1. The van der Waals surface area contributed by atoms with E-state index < -0.39 is 50.4 Å². The van der Waals surface area contributed by atoms with E-state index in [0.717, 1.165) is 17.0 Å². The first-order chi connectivity index (χ1) is 14.6. The summed E-state index contributed by atoms with van der Waals surface area (Å²) in [6.45, 7) is -0.141. The van der Waals surface area contributed by atoms with Crippen LogP contribution in [0, 0.1) is 11.3 Å². The van der Waals surface area contributed by atoms with Crippen LogP contribution in [-0.4, -0.2) is 15.5 Å². The second-order valence-corrected chi connectivity index (χ2v) is 8.52. The van der Waals surface area contributed by atoms with Gasteiger partial charge in [-0.25, -0.2) is 0 Å². The summed E-state index contributed by atoms with van der Waals surface area (Å²) in [6.07, 6.45) is -1.54. The van der Waals surface area contributed by atoms with E-state index in [9.17, 15) is 22.8 Å². The van der Waals surface area contributed by atoms with Crippen molar-refractivity contribution in [1.82, 2.24) is 13.1 Å². The number of nitrogens with zero attached hydrogens (tertiary/aromatic N) is 3. The summed E-state index contributed by atoms with van der Waals surface area (Å²) < 4.78 is 50.9. The molecule has 1 aliphatic rings. The minimum absolute atomic E-state index is 0.0245. The number of benzene rings is 1. The van der Waals surface area contributed by atoms with Crippen LogP contribution in [0.2, 0.25) is 10.0 Å². The first-order valence-electron chi connectivity index (χ1n) is 8.13. The van der Waals surface area contributed by atoms with Gasteiger partial charge in [0.1, 0.15) is 0 Å². The minimum atomic E-state index is -5.00. The molecule has 31 heavy (non-hydrogen) atoms. The van der Waals surface area contributed by atoms with E-state index in [-0.39, 0.29) is 28.1 Å². The summed E-state index contributed by atoms with van der Waals surface area (Å²) in [4.78, 5) is 27.6. The molecule has 0 atom stereocenters. The Labute approximate surface area is 193 Å². The van der Waals surface area contributed by atoms with Gasteiger partial charge < -0.3 is 0 Å². The fourth-order valence-electron chi connectivity index (χ4n) is 2.39. The average Bonchev–Trinajstić information content (AvgIpc) is 2.90. The quantitative estimate of drug-likeness (QED) is 0.424. The number of amides is 1. The molecule has 7 nitrogen and oxygen atoms in total. The summed E-state index contributed by atoms with van der Waals surface area (Å²) in [5.74, 6) is -1.82. The van der Waals surface area contributed by atoms with Gasteiger partial charge >= 0.3 is 194 Å². The van der Waals surface area contributed by atoms with Crippen LogP contribution in [0.15, 0.2) is 45.1 Å². The number of alkyl halides is 3. The Morgan fingerprint density at radius 2 is 2.00 bits per heavy atom. The molecule has 13 heteroatoms. The van der Waals surface area contributed by atoms with Gasteiger partial charge in [-0.3, -0.25) is 0 Å². The molecule has 0 aliphatic carbocycles. The predicted octanol–water partition coefficient (Wildman–Crippen LogP) is 0.807. The number of aromatic nitrogens is 2. The van der Waals surface area contributed by atoms with Crippen molar-refractivity contribution in [2.24, 2.45) is 0 Å². The Kier molecular flexibility index (Phi) is 6.93. The zero-order chi connectivity index (χ0) is 22.8. The Balaban J connectivity index is 2.09. The number of hydrogen-bond donors (Lipinski definition) is 1. The number of hydrogen-bond acceptors (Lipinski definition) is 5. The predicted molar refractivity (Wildman–Crippen MR) is 100 cm³/mol. The molecule has 1 aliphatic heterocycles. The molecule has 0 fully saturated rings. The van der Waals surface area contributed by atoms with Crippen LogP contribution in [-0.2, 0) is 17.5 Å². The molecule has 162 valence electrons. The second-order valence-electron chi connectivity index (χ2n) is 5.92. The van der Waals surface area contributed by atoms with Crippen molar-refractivity contribution < 1.29 is 44.2 Å². The first-order valence-corrected chi connectivity index (χ1v) is 11.2. The van der Waals surface area contributed by atoms with E-state index in [1.165, 1.54) is 18.2 Å². The van der Waals surface area contributed by atoms with Gasteiger partial charge in [-0.1, -0.05) is 0 Å². The Morgan fingerprint density at radius 1 is 1.26 bits per heavy atom. The fourth-order valence-corrected chi connectivity index (χ4v) is 4.24. The van der Waals surface area contributed by atoms with Crippen molar-refractivity contribution in [3.05, 3.63) is 71.9 Å². The molecule has 1 aromatic carbocycles. The van der Waals surface area contributed by atoms with Crippen molar-refractivity contribution in [3.63, 3.8) is 0 Å². The molecule has 2 aromatic rings. The summed E-state index contributed by atoms with van der Waals surface area (Å²) in [5.41, 5.74) is -2.30. The average molecular weight is 584 g/mol. The van der Waals surface area contributed by atoms with Crippen molar-refractivity contribution >= 4 is 29.1 Å². The topological polar surface area (TPSA) is 97.0 Å². The molecule has 3 rings (SSSR count). The van der Waals surface area contributed by atoms with Crippen LogP contribution in [0.25, 0.3) is 0 Å². The van der Waals surface area contributed by atoms with Crippen molar-refractivity contribution in [2.75, 3.05) is 0 Å². The van der Waals surface area contributed by atoms with Gasteiger partial charge in [0.15, 0.2) is 0 Å². The summed E-state index contributed by atoms with van der Waals surface area (Å²) >= 11 is 11.1. The Bertz CT molecular complexity index is 1220. The molecule has 1 amide bonds. The number of halogens is 6. The third-order valence-electron chi connectivity index (χ3n) is 3.75. The number of carbonyl (C=O) groups excluding carboxylic acids is 1. The van der Waals surface area contributed by atoms with Crippen LogP contribution >= 0.6 is 23.2 Å². The maximum absolute atomic E-state index is 13.5. The van der Waals surface area contributed by atoms with Crippen LogP contribution < -0.4 is 35.3 Å². The number of rotatable bonds is 4. The van der Waals surface area contributed by atoms with Gasteiger partial charge in [0.05, 0.1) is 0 Å². The van der Waals surface area contributed by atoms with E-state index in [4.69, 9.17) is 33.2 Å². The molecule has 1 N–H and O–H groups in total. The van der Waals surface area contributed by atoms with E-state index in [1.807, 2.05) is 0 Å². The molecule has 1 aromatic heterocycles. The normalized spacial score (nSPS) is 14.1. The van der Waals surface area contributed by atoms with Gasteiger partial charge in [-0.05, 0) is 0 Å². The second kappa shape index (κ2) is 9.29. The first kappa shape index (κ1) is 23.1. The van der Waals surface area contributed by atoms with Crippen molar-refractivity contribution in [3.8, 4) is 17.6 Å². The molecule has 0 saturated heterocycles. The van der Waals surface area contributed by atoms with Crippen LogP contribution in [0.3, 0.4) is 0 Å². The molecule has 2 heterocycles. The van der Waals surface area contributed by atoms with Gasteiger partial charge in [0, 0.05) is 0 Å². The van der Waals surface area contributed by atoms with Gasteiger partial charge in [0.25, 0.3) is 0 Å². The number of nitriles is 1. The van der Waals surface area contributed by atoms with Crippen LogP contribution in [0.4, 0.5) is 13.2 Å². The van der Waals surface area contributed by atoms with Gasteiger partial charge in [-0.2, -0.15) is 0 Å². The van der Waals surface area contributed by atoms with Crippen molar-refractivity contribution in [1.29, 1.82) is 5.26 Å². The molecular formula is C18H9Cl2F3IN4O3-. The number of ether oxygens (including phenoxy) is 1. The van der Waals surface area contributed by atoms with Gasteiger partial charge in [-0.15, -0.1) is 0 Å². The Morgan fingerprint density at radius 3 is 2.68 bits per heavy atom. The van der Waals surface area contributed by atoms with E-state index in [2.05, 4.69) is 8.51 Å². The summed E-state index contributed by atoms with van der Waals surface area (Å²) in [7, 11) is 0. The van der Waals surface area contributed by atoms with Crippen molar-refractivity contribution in [2.45, 2.75) is 12.7 Å². The summed E-state index contributed by atoms with van der Waals surface area (Å²) in [5, 5.41) is 8.76. The fraction of sp³-hybridized carbons (Fsp3) is 0.111. The van der Waals surface area contributed by atoms with Gasteiger partial charge in [0.2, 0.25) is 0 Å². The molecule has 0 spiro atoms. The van der Waals surface area contributed by atoms with Crippen LogP contribution in [0.1, 0.15) is 11.3 Å². The Hall–Kier alpha value is -2.56. The SMILES string of the molecule is N#Cc1cc(Cl)cc(Oc2c(C(F)(F)F)ncn(CC3=C[I-]NC(=O)C=C3)c2=O)c1Cl. The maximum atomic E-state index is 13.5. The monoisotopic (exact) mass is 583 g/mol. The zero-order valence-electron chi connectivity index (χ0n) is 15.0. The van der Waals surface area contributed by atoms with E-state index >= 15 is 0 Å². The van der Waals surface area contributed by atoms with E-state index in [1.54, 1.807) is 10.2 Å².